The van der Waals surface area contributed by atoms with E-state index in [2.05, 4.69) is 15.7 Å². The lowest BCUT2D eigenvalue weighted by Gasteiger charge is -2.19. The maximum Gasteiger partial charge on any atom is 0.416 e. The number of carbonyl (C=O) groups is 2. The summed E-state index contributed by atoms with van der Waals surface area (Å²) in [4.78, 5) is 26.4. The number of hydrogen-bond acceptors (Lipinski definition) is 3. The lowest BCUT2D eigenvalue weighted by atomic mass is 9.93. The summed E-state index contributed by atoms with van der Waals surface area (Å²) in [5, 5.41) is 9.60. The first-order valence-corrected chi connectivity index (χ1v) is 12.4. The van der Waals surface area contributed by atoms with Gasteiger partial charge in [0, 0.05) is 50.9 Å². The summed E-state index contributed by atoms with van der Waals surface area (Å²) in [6.45, 7) is 0. The molecule has 12 heteroatoms. The Morgan fingerprint density at radius 3 is 2.54 bits per heavy atom. The molecule has 0 fully saturated rings. The number of carbonyl (C=O) groups excluding carboxylic acids is 2. The van der Waals surface area contributed by atoms with Gasteiger partial charge in [-0.3, -0.25) is 9.59 Å². The van der Waals surface area contributed by atoms with E-state index in [0.717, 1.165) is 17.6 Å². The highest BCUT2D eigenvalue weighted by Gasteiger charge is 2.36. The van der Waals surface area contributed by atoms with Gasteiger partial charge in [0.25, 0.3) is 11.8 Å². The average Bonchev–Trinajstić information content (AvgIpc) is 3.53. The molecule has 5 aromatic rings. The molecule has 1 unspecified atom stereocenters. The van der Waals surface area contributed by atoms with E-state index in [-0.39, 0.29) is 33.5 Å². The molecule has 1 aliphatic heterocycles. The minimum absolute atomic E-state index is 0.0320. The van der Waals surface area contributed by atoms with E-state index in [4.69, 9.17) is 11.6 Å². The van der Waals surface area contributed by atoms with Crippen LogP contribution in [0.25, 0.3) is 16.6 Å². The van der Waals surface area contributed by atoms with E-state index in [1.807, 2.05) is 0 Å². The third-order valence-corrected chi connectivity index (χ3v) is 7.07. The maximum atomic E-state index is 14.2. The van der Waals surface area contributed by atoms with Gasteiger partial charge in [-0.05, 0) is 66.2 Å². The van der Waals surface area contributed by atoms with Gasteiger partial charge < -0.3 is 10.6 Å². The molecule has 1 aliphatic rings. The number of benzene rings is 3. The summed E-state index contributed by atoms with van der Waals surface area (Å²) in [5.74, 6) is -3.48. The minimum Gasteiger partial charge on any atom is -0.341 e. The maximum absolute atomic E-state index is 14.2. The third-order valence-electron chi connectivity index (χ3n) is 6.72. The molecule has 0 saturated carbocycles. The van der Waals surface area contributed by atoms with Crippen molar-refractivity contribution in [1.29, 1.82) is 0 Å². The fraction of sp³-hybridized carbons (Fsp3) is 0.0690. The fourth-order valence-corrected chi connectivity index (χ4v) is 5.06. The van der Waals surface area contributed by atoms with Crippen molar-refractivity contribution >= 4 is 34.6 Å². The summed E-state index contributed by atoms with van der Waals surface area (Å²) in [5.41, 5.74) is 0.509. The molecule has 0 aliphatic carbocycles. The number of hydrogen-bond donors (Lipinski definition) is 2. The number of anilines is 1. The number of pyridine rings is 1. The third kappa shape index (κ3) is 4.89. The zero-order valence-corrected chi connectivity index (χ0v) is 21.3. The molecule has 1 atom stereocenters. The molecule has 206 valence electrons. The SMILES string of the molecule is O=C(Nc1cc(-c2ccc3ccnn3c2)cc2c1C(c1cc(F)ccc1Cl)NC2=O)c1cc(F)cc(C(F)(F)F)c1. The molecule has 0 saturated heterocycles. The van der Waals surface area contributed by atoms with Crippen molar-refractivity contribution in [1.82, 2.24) is 14.9 Å². The molecule has 3 aromatic carbocycles. The Kier molecular flexibility index (Phi) is 6.26. The highest BCUT2D eigenvalue weighted by atomic mass is 35.5. The second kappa shape index (κ2) is 9.70. The molecule has 2 N–H and O–H groups in total. The Bertz CT molecular complexity index is 1890. The molecular weight excluding hydrogens is 567 g/mol. The zero-order chi connectivity index (χ0) is 29.1. The van der Waals surface area contributed by atoms with E-state index < -0.39 is 46.8 Å². The normalized spacial score (nSPS) is 14.7. The number of alkyl halides is 3. The van der Waals surface area contributed by atoms with E-state index >= 15 is 0 Å². The largest absolute Gasteiger partial charge is 0.416 e. The predicted molar refractivity (Wildman–Crippen MR) is 141 cm³/mol. The van der Waals surface area contributed by atoms with Crippen LogP contribution in [-0.4, -0.2) is 21.4 Å². The number of aromatic nitrogens is 2. The molecular formula is C29H16ClF5N4O2. The highest BCUT2D eigenvalue weighted by Crippen LogP contribution is 2.42. The van der Waals surface area contributed by atoms with Crippen LogP contribution in [0.5, 0.6) is 0 Å². The first kappa shape index (κ1) is 26.5. The zero-order valence-electron chi connectivity index (χ0n) is 20.6. The van der Waals surface area contributed by atoms with Crippen molar-refractivity contribution in [2.45, 2.75) is 12.2 Å². The topological polar surface area (TPSA) is 75.5 Å². The fourth-order valence-electron chi connectivity index (χ4n) is 4.84. The van der Waals surface area contributed by atoms with Gasteiger partial charge in [0.2, 0.25) is 0 Å². The summed E-state index contributed by atoms with van der Waals surface area (Å²) >= 11 is 6.33. The van der Waals surface area contributed by atoms with Crippen LogP contribution in [-0.2, 0) is 6.18 Å². The number of fused-ring (bicyclic) bond motifs is 2. The smallest absolute Gasteiger partial charge is 0.341 e. The Labute approximate surface area is 233 Å². The summed E-state index contributed by atoms with van der Waals surface area (Å²) < 4.78 is 69.8. The quantitative estimate of drug-likeness (QED) is 0.223. The molecule has 0 spiro atoms. The highest BCUT2D eigenvalue weighted by molar-refractivity contribution is 6.31. The van der Waals surface area contributed by atoms with Crippen molar-refractivity contribution in [3.05, 3.63) is 124 Å². The molecule has 2 amide bonds. The first-order chi connectivity index (χ1) is 19.5. The summed E-state index contributed by atoms with van der Waals surface area (Å²) in [6.07, 6.45) is -1.60. The summed E-state index contributed by atoms with van der Waals surface area (Å²) in [6, 6.07) is 12.5. The molecule has 0 radical (unpaired) electrons. The molecule has 2 aromatic heterocycles. The molecule has 0 bridgehead atoms. The molecule has 6 nitrogen and oxygen atoms in total. The van der Waals surface area contributed by atoms with Gasteiger partial charge in [-0.25, -0.2) is 13.3 Å². The first-order valence-electron chi connectivity index (χ1n) is 12.0. The van der Waals surface area contributed by atoms with Gasteiger partial charge >= 0.3 is 6.18 Å². The number of nitrogens with zero attached hydrogens (tertiary/aromatic N) is 2. The molecule has 41 heavy (non-hydrogen) atoms. The number of amides is 2. The van der Waals surface area contributed by atoms with Crippen molar-refractivity contribution in [3.8, 4) is 11.1 Å². The van der Waals surface area contributed by atoms with Gasteiger partial charge in [0.15, 0.2) is 0 Å². The van der Waals surface area contributed by atoms with Crippen LogP contribution in [0.1, 0.15) is 43.4 Å². The van der Waals surface area contributed by atoms with Crippen molar-refractivity contribution in [3.63, 3.8) is 0 Å². The number of nitrogens with one attached hydrogen (secondary N) is 2. The van der Waals surface area contributed by atoms with Crippen LogP contribution in [0, 0.1) is 11.6 Å². The Balaban J connectivity index is 1.51. The number of rotatable bonds is 4. The van der Waals surface area contributed by atoms with Gasteiger partial charge in [0.05, 0.1) is 17.1 Å². The predicted octanol–water partition coefficient (Wildman–Crippen LogP) is 7.04. The van der Waals surface area contributed by atoms with Crippen molar-refractivity contribution in [2.75, 3.05) is 5.32 Å². The Morgan fingerprint density at radius 2 is 1.76 bits per heavy atom. The molecule has 3 heterocycles. The van der Waals surface area contributed by atoms with Crippen molar-refractivity contribution < 1.29 is 31.5 Å². The van der Waals surface area contributed by atoms with Crippen LogP contribution >= 0.6 is 11.6 Å². The van der Waals surface area contributed by atoms with E-state index in [1.165, 1.54) is 12.1 Å². The average molecular weight is 583 g/mol. The van der Waals surface area contributed by atoms with E-state index in [9.17, 15) is 31.5 Å². The molecule has 6 rings (SSSR count). The van der Waals surface area contributed by atoms with E-state index in [1.54, 1.807) is 41.2 Å². The Morgan fingerprint density at radius 1 is 0.951 bits per heavy atom. The number of halogens is 6. The van der Waals surface area contributed by atoms with Gasteiger partial charge in [-0.15, -0.1) is 0 Å². The van der Waals surface area contributed by atoms with Crippen LogP contribution in [0.15, 0.2) is 79.1 Å². The van der Waals surface area contributed by atoms with Gasteiger partial charge in [0.1, 0.15) is 11.6 Å². The standard InChI is InChI=1S/C29H16ClF5N4O2/c30-23-4-2-18(31)12-21(23)26-25-22(28(41)38-26)9-15(14-1-3-20-5-6-36-39(20)13-14)10-24(25)37-27(40)16-7-17(29(33,34)35)11-19(32)8-16/h1-13,26H,(H,37,40)(H,38,41). The summed E-state index contributed by atoms with van der Waals surface area (Å²) in [7, 11) is 0. The van der Waals surface area contributed by atoms with Crippen LogP contribution in [0.4, 0.5) is 27.6 Å². The van der Waals surface area contributed by atoms with Crippen molar-refractivity contribution in [2.24, 2.45) is 0 Å². The van der Waals surface area contributed by atoms with Gasteiger partial charge in [-0.2, -0.15) is 18.3 Å². The minimum atomic E-state index is -4.89. The van der Waals surface area contributed by atoms with Crippen LogP contribution in [0.2, 0.25) is 5.02 Å². The monoisotopic (exact) mass is 582 g/mol. The lowest BCUT2D eigenvalue weighted by Crippen LogP contribution is -2.21. The lowest BCUT2D eigenvalue weighted by molar-refractivity contribution is -0.137. The van der Waals surface area contributed by atoms with E-state index in [0.29, 0.717) is 23.3 Å². The van der Waals surface area contributed by atoms with Crippen LogP contribution < -0.4 is 10.6 Å². The second-order valence-corrected chi connectivity index (χ2v) is 9.76. The second-order valence-electron chi connectivity index (χ2n) is 9.36. The van der Waals surface area contributed by atoms with Crippen LogP contribution in [0.3, 0.4) is 0 Å². The van der Waals surface area contributed by atoms with Gasteiger partial charge in [-0.1, -0.05) is 17.7 Å². The Hall–Kier alpha value is -4.77.